The van der Waals surface area contributed by atoms with Crippen LogP contribution < -0.4 is 5.32 Å². The summed E-state index contributed by atoms with van der Waals surface area (Å²) in [5.74, 6) is -0.197. The van der Waals surface area contributed by atoms with E-state index in [1.165, 1.54) is 218 Å². The van der Waals surface area contributed by atoms with E-state index >= 15 is 0 Å². The zero-order chi connectivity index (χ0) is 57.2. The number of aliphatic hydroxyl groups excluding tert-OH is 5. The number of hydrogen-bond acceptors (Lipinski definition) is 8. The molecule has 9 nitrogen and oxygen atoms in total. The lowest BCUT2D eigenvalue weighted by atomic mass is 9.99. The van der Waals surface area contributed by atoms with Crippen LogP contribution in [-0.2, 0) is 14.3 Å². The number of aliphatic hydroxyl groups is 5. The Hall–Kier alpha value is -2.37. The summed E-state index contributed by atoms with van der Waals surface area (Å²) in [4.78, 5) is 13.1. The van der Waals surface area contributed by atoms with E-state index in [0.29, 0.717) is 6.42 Å². The van der Waals surface area contributed by atoms with Gasteiger partial charge in [-0.15, -0.1) is 0 Å². The minimum absolute atomic E-state index is 0.197. The summed E-state index contributed by atoms with van der Waals surface area (Å²) in [6.07, 6.45) is 75.7. The van der Waals surface area contributed by atoms with Crippen molar-refractivity contribution in [2.45, 2.75) is 352 Å². The second kappa shape index (κ2) is 58.8. The zero-order valence-electron chi connectivity index (χ0n) is 51.4. The second-order valence-corrected chi connectivity index (χ2v) is 23.2. The van der Waals surface area contributed by atoms with Crippen LogP contribution >= 0.6 is 0 Å². The maximum absolute atomic E-state index is 13.1. The van der Waals surface area contributed by atoms with E-state index in [1.807, 2.05) is 6.08 Å². The Balaban J connectivity index is 2.19. The molecule has 1 saturated heterocycles. The van der Waals surface area contributed by atoms with Gasteiger partial charge in [0.1, 0.15) is 24.4 Å². The number of nitrogens with one attached hydrogen (secondary N) is 1. The van der Waals surface area contributed by atoms with Gasteiger partial charge in [-0.05, 0) is 83.5 Å². The van der Waals surface area contributed by atoms with Crippen LogP contribution in [0.1, 0.15) is 309 Å². The van der Waals surface area contributed by atoms with Crippen LogP contribution in [0.15, 0.2) is 72.9 Å². The molecule has 1 fully saturated rings. The summed E-state index contributed by atoms with van der Waals surface area (Å²) in [5.41, 5.74) is 0. The third-order valence-corrected chi connectivity index (χ3v) is 15.7. The normalized spacial score (nSPS) is 19.0. The zero-order valence-corrected chi connectivity index (χ0v) is 51.4. The van der Waals surface area contributed by atoms with Crippen LogP contribution in [0.2, 0.25) is 0 Å². The predicted molar refractivity (Wildman–Crippen MR) is 336 cm³/mol. The van der Waals surface area contributed by atoms with Crippen molar-refractivity contribution in [3.05, 3.63) is 72.9 Å². The van der Waals surface area contributed by atoms with Gasteiger partial charge in [-0.3, -0.25) is 4.79 Å². The third-order valence-electron chi connectivity index (χ3n) is 15.7. The van der Waals surface area contributed by atoms with Gasteiger partial charge in [-0.2, -0.15) is 0 Å². The van der Waals surface area contributed by atoms with Crippen molar-refractivity contribution in [1.29, 1.82) is 0 Å². The lowest BCUT2D eigenvalue weighted by Crippen LogP contribution is -2.60. The SMILES string of the molecule is CCCCCCC/C=C\C/C=C\C/C=C\CCCCCCCCCCC(=O)NC(COC1OC(CO)C(O)C(O)C1O)C(O)/C=C/CC/C=C/CC/C=C/CCCCCCCCCCCCCCCCCCCCCCCCC. The number of allylic oxidation sites excluding steroid dienone is 11. The number of amides is 1. The Morgan fingerprint density at radius 2 is 0.759 bits per heavy atom. The number of carbonyl (C=O) groups is 1. The van der Waals surface area contributed by atoms with Crippen LogP contribution in [-0.4, -0.2) is 87.5 Å². The predicted octanol–water partition coefficient (Wildman–Crippen LogP) is 18.0. The summed E-state index contributed by atoms with van der Waals surface area (Å²) < 4.78 is 11.3. The van der Waals surface area contributed by atoms with Gasteiger partial charge in [0.25, 0.3) is 0 Å². The molecular weight excluding hydrogens is 983 g/mol. The molecule has 1 aliphatic heterocycles. The molecule has 0 radical (unpaired) electrons. The number of unbranched alkanes of at least 4 members (excludes halogenated alkanes) is 38. The van der Waals surface area contributed by atoms with E-state index in [1.54, 1.807) is 6.08 Å². The molecule has 6 N–H and O–H groups in total. The topological polar surface area (TPSA) is 149 Å². The summed E-state index contributed by atoms with van der Waals surface area (Å²) in [5, 5.41) is 54.6. The van der Waals surface area contributed by atoms with E-state index in [0.717, 1.165) is 70.6 Å². The maximum Gasteiger partial charge on any atom is 0.220 e. The first-order valence-corrected chi connectivity index (χ1v) is 33.7. The van der Waals surface area contributed by atoms with Gasteiger partial charge in [0.15, 0.2) is 6.29 Å². The molecule has 1 heterocycles. The number of rotatable bonds is 58. The molecule has 1 rings (SSSR count). The highest BCUT2D eigenvalue weighted by Crippen LogP contribution is 2.23. The Morgan fingerprint density at radius 3 is 1.15 bits per heavy atom. The highest BCUT2D eigenvalue weighted by Gasteiger charge is 2.44. The largest absolute Gasteiger partial charge is 0.394 e. The molecule has 0 aromatic heterocycles. The van der Waals surface area contributed by atoms with Gasteiger partial charge >= 0.3 is 0 Å². The Morgan fingerprint density at radius 1 is 0.430 bits per heavy atom. The molecule has 1 amide bonds. The van der Waals surface area contributed by atoms with E-state index < -0.39 is 49.5 Å². The molecular formula is C70H127NO8. The van der Waals surface area contributed by atoms with Crippen molar-refractivity contribution in [2.75, 3.05) is 13.2 Å². The molecule has 9 heteroatoms. The van der Waals surface area contributed by atoms with Crippen LogP contribution in [0, 0.1) is 0 Å². The van der Waals surface area contributed by atoms with Crippen molar-refractivity contribution in [3.63, 3.8) is 0 Å². The molecule has 7 unspecified atom stereocenters. The molecule has 0 aromatic carbocycles. The van der Waals surface area contributed by atoms with E-state index in [4.69, 9.17) is 9.47 Å². The highest BCUT2D eigenvalue weighted by molar-refractivity contribution is 5.76. The molecule has 0 aromatic rings. The molecule has 460 valence electrons. The van der Waals surface area contributed by atoms with Crippen LogP contribution in [0.25, 0.3) is 0 Å². The summed E-state index contributed by atoms with van der Waals surface area (Å²) in [7, 11) is 0. The fraction of sp³-hybridized carbons (Fsp3) is 0.814. The van der Waals surface area contributed by atoms with Crippen LogP contribution in [0.5, 0.6) is 0 Å². The number of hydrogen-bond donors (Lipinski definition) is 6. The van der Waals surface area contributed by atoms with Gasteiger partial charge in [0.2, 0.25) is 5.91 Å². The average molecular weight is 1110 g/mol. The molecule has 79 heavy (non-hydrogen) atoms. The minimum atomic E-state index is -1.58. The highest BCUT2D eigenvalue weighted by atomic mass is 16.7. The summed E-state index contributed by atoms with van der Waals surface area (Å²) in [6.45, 7) is 3.77. The van der Waals surface area contributed by atoms with Crippen LogP contribution in [0.4, 0.5) is 0 Å². The Labute approximate surface area is 487 Å². The second-order valence-electron chi connectivity index (χ2n) is 23.2. The summed E-state index contributed by atoms with van der Waals surface area (Å²) >= 11 is 0. The quantitative estimate of drug-likeness (QED) is 0.0261. The molecule has 7 atom stereocenters. The smallest absolute Gasteiger partial charge is 0.220 e. The van der Waals surface area contributed by atoms with E-state index in [-0.39, 0.29) is 12.5 Å². The van der Waals surface area contributed by atoms with Gasteiger partial charge in [-0.25, -0.2) is 0 Å². The van der Waals surface area contributed by atoms with Gasteiger partial charge in [0.05, 0.1) is 25.4 Å². The fourth-order valence-corrected chi connectivity index (χ4v) is 10.4. The molecule has 0 bridgehead atoms. The number of ether oxygens (including phenoxy) is 2. The van der Waals surface area contributed by atoms with Crippen molar-refractivity contribution >= 4 is 5.91 Å². The van der Waals surface area contributed by atoms with Crippen molar-refractivity contribution < 1.29 is 39.8 Å². The average Bonchev–Trinajstić information content (AvgIpc) is 3.47. The molecule has 1 aliphatic rings. The van der Waals surface area contributed by atoms with Gasteiger partial charge in [-0.1, -0.05) is 292 Å². The van der Waals surface area contributed by atoms with Gasteiger partial charge in [0, 0.05) is 6.42 Å². The fourth-order valence-electron chi connectivity index (χ4n) is 10.4. The first-order valence-electron chi connectivity index (χ1n) is 33.7. The maximum atomic E-state index is 13.1. The lowest BCUT2D eigenvalue weighted by Gasteiger charge is -2.40. The van der Waals surface area contributed by atoms with Crippen molar-refractivity contribution in [2.24, 2.45) is 0 Å². The lowest BCUT2D eigenvalue weighted by molar-refractivity contribution is -0.302. The Bertz CT molecular complexity index is 1470. The van der Waals surface area contributed by atoms with Gasteiger partial charge < -0.3 is 40.3 Å². The minimum Gasteiger partial charge on any atom is -0.394 e. The molecule has 0 saturated carbocycles. The van der Waals surface area contributed by atoms with Crippen LogP contribution in [0.3, 0.4) is 0 Å². The monoisotopic (exact) mass is 1110 g/mol. The first-order chi connectivity index (χ1) is 38.8. The number of carbonyl (C=O) groups excluding carboxylic acids is 1. The third kappa shape index (κ3) is 47.8. The van der Waals surface area contributed by atoms with Crippen molar-refractivity contribution in [3.8, 4) is 0 Å². The first kappa shape index (κ1) is 74.6. The molecule has 0 spiro atoms. The van der Waals surface area contributed by atoms with Crippen molar-refractivity contribution in [1.82, 2.24) is 5.32 Å². The summed E-state index contributed by atoms with van der Waals surface area (Å²) in [6, 6.07) is -0.838. The Kier molecular flexibility index (Phi) is 55.6. The van der Waals surface area contributed by atoms with E-state index in [9.17, 15) is 30.3 Å². The van der Waals surface area contributed by atoms with E-state index in [2.05, 4.69) is 79.9 Å². The standard InChI is InChI=1S/C70H127NO8/c1-3-5-7-9-11-13-15-17-19-21-23-25-27-28-29-30-31-32-33-34-35-36-38-39-41-43-45-47-49-51-53-55-57-59-64(73)63(62-78-70-69(77)68(76)67(75)65(61-72)79-70)71-66(74)60-58-56-54-52-50-48-46-44-42-40-37-26-24-22-20-18-16-14-12-10-8-6-4-2/h16,18,22,24,37,40-41,43,49,51,57,59,63-65,67-70,72-73,75-77H,3-15,17,19-21,23,25-36,38-39,42,44-48,50,52-56,58,60-62H2,1-2H3,(H,71,74)/b18-16-,24-22-,40-37-,43-41+,51-49+,59-57+. The molecule has 0 aliphatic carbocycles.